The average Bonchev–Trinajstić information content (AvgIpc) is 2.71. The summed E-state index contributed by atoms with van der Waals surface area (Å²) < 4.78 is 0. The third-order valence-corrected chi connectivity index (χ3v) is 7.31. The molecule has 0 aliphatic heterocycles. The van der Waals surface area contributed by atoms with Crippen molar-refractivity contribution in [2.45, 2.75) is 120 Å². The molecule has 0 fully saturated rings. The maximum atomic E-state index is 4.02. The Labute approximate surface area is 185 Å². The predicted molar refractivity (Wildman–Crippen MR) is 133 cm³/mol. The van der Waals surface area contributed by atoms with E-state index < -0.39 is 0 Å². The molecule has 0 saturated heterocycles. The van der Waals surface area contributed by atoms with E-state index in [1.807, 2.05) is 0 Å². The van der Waals surface area contributed by atoms with Gasteiger partial charge in [-0.3, -0.25) is 0 Å². The van der Waals surface area contributed by atoms with Gasteiger partial charge >= 0.3 is 0 Å². The monoisotopic (exact) mass is 421 g/mol. The quantitative estimate of drug-likeness (QED) is 0.161. The second kappa shape index (κ2) is 18.9. The Morgan fingerprint density at radius 2 is 1.07 bits per heavy atom. The second-order valence-electron chi connectivity index (χ2n) is 8.00. The summed E-state index contributed by atoms with van der Waals surface area (Å²) in [5.74, 6) is 2.54. The fourth-order valence-electron chi connectivity index (χ4n) is 3.42. The fraction of sp³-hybridized carbons (Fsp3) is 0.731. The van der Waals surface area contributed by atoms with Crippen LogP contribution in [-0.2, 0) is 6.42 Å². The number of unbranched alkanes of at least 4 members (excludes halogenated alkanes) is 11. The van der Waals surface area contributed by atoms with Crippen LogP contribution in [0.25, 0.3) is 0 Å². The van der Waals surface area contributed by atoms with Crippen molar-refractivity contribution in [3.05, 3.63) is 30.7 Å². The third-order valence-electron chi connectivity index (χ3n) is 5.19. The summed E-state index contributed by atoms with van der Waals surface area (Å²) in [5, 5.41) is 0. The lowest BCUT2D eigenvalue weighted by molar-refractivity contribution is 0.627. The average molecular weight is 422 g/mol. The second-order valence-corrected chi connectivity index (χ2v) is 10.3. The summed E-state index contributed by atoms with van der Waals surface area (Å²) in [6, 6.07) is 7.32. The highest BCUT2D eigenvalue weighted by Gasteiger charge is 2.04. The van der Waals surface area contributed by atoms with Crippen molar-refractivity contribution in [1.82, 2.24) is 0 Å². The van der Waals surface area contributed by atoms with Gasteiger partial charge < -0.3 is 0 Å². The Balaban J connectivity index is 2.39. The predicted octanol–water partition coefficient (Wildman–Crippen LogP) is 9.75. The van der Waals surface area contributed by atoms with Gasteiger partial charge in [-0.25, -0.2) is 0 Å². The topological polar surface area (TPSA) is 0 Å². The third kappa shape index (κ3) is 14.0. The zero-order chi connectivity index (χ0) is 20.3. The normalized spacial score (nSPS) is 11.2. The Bertz CT molecular complexity index is 433. The van der Waals surface area contributed by atoms with Crippen molar-refractivity contribution >= 4 is 23.5 Å². The summed E-state index contributed by atoms with van der Waals surface area (Å²) in [6.07, 6.45) is 20.1. The van der Waals surface area contributed by atoms with Crippen LogP contribution in [0.2, 0.25) is 0 Å². The van der Waals surface area contributed by atoms with Crippen LogP contribution in [0, 0.1) is 6.92 Å². The van der Waals surface area contributed by atoms with E-state index >= 15 is 0 Å². The molecule has 1 radical (unpaired) electrons. The molecule has 0 aliphatic rings. The molecule has 0 saturated carbocycles. The molecule has 0 amide bonds. The Hall–Kier alpha value is -0.0800. The standard InChI is InChI=1S/C26H45S2/c1-4-7-10-12-14-16-19-27-25-21-24(18-9-6-3)22-26(23-25)28-20-17-15-13-11-8-5-2/h21-23H,3-20H2,1-2H3. The first kappa shape index (κ1) is 26.0. The molecule has 0 nitrogen and oxygen atoms in total. The van der Waals surface area contributed by atoms with E-state index in [1.165, 1.54) is 117 Å². The number of benzene rings is 1. The lowest BCUT2D eigenvalue weighted by Gasteiger charge is -2.10. The van der Waals surface area contributed by atoms with Gasteiger partial charge in [0.1, 0.15) is 0 Å². The van der Waals surface area contributed by atoms with Crippen LogP contribution in [0.4, 0.5) is 0 Å². The van der Waals surface area contributed by atoms with E-state index in [1.54, 1.807) is 0 Å². The number of thioether (sulfide) groups is 2. The molecule has 0 bridgehead atoms. The van der Waals surface area contributed by atoms with Gasteiger partial charge in [-0.15, -0.1) is 23.5 Å². The molecule has 0 aromatic heterocycles. The van der Waals surface area contributed by atoms with Gasteiger partial charge in [-0.05, 0) is 61.0 Å². The Morgan fingerprint density at radius 1 is 0.607 bits per heavy atom. The number of hydrogen-bond donors (Lipinski definition) is 0. The first-order chi connectivity index (χ1) is 13.8. The highest BCUT2D eigenvalue weighted by molar-refractivity contribution is 8.00. The SMILES string of the molecule is [CH2]CCCc1cc(SCCCCCCCC)cc(SCCCCCCCC)c1. The van der Waals surface area contributed by atoms with Crippen molar-refractivity contribution in [3.8, 4) is 0 Å². The maximum Gasteiger partial charge on any atom is 0.00858 e. The minimum Gasteiger partial charge on any atom is -0.126 e. The van der Waals surface area contributed by atoms with E-state index in [0.29, 0.717) is 0 Å². The van der Waals surface area contributed by atoms with Crippen LogP contribution in [0.1, 0.15) is 109 Å². The Morgan fingerprint density at radius 3 is 1.54 bits per heavy atom. The molecule has 28 heavy (non-hydrogen) atoms. The first-order valence-electron chi connectivity index (χ1n) is 12.0. The summed E-state index contributed by atoms with van der Waals surface area (Å²) in [4.78, 5) is 2.97. The maximum absolute atomic E-state index is 4.02. The molecule has 2 heteroatoms. The zero-order valence-corrected chi connectivity index (χ0v) is 20.4. The van der Waals surface area contributed by atoms with Gasteiger partial charge in [-0.1, -0.05) is 91.4 Å². The molecule has 1 aromatic carbocycles. The molecule has 0 aliphatic carbocycles. The van der Waals surface area contributed by atoms with Gasteiger partial charge in [-0.2, -0.15) is 0 Å². The largest absolute Gasteiger partial charge is 0.126 e. The van der Waals surface area contributed by atoms with Crippen molar-refractivity contribution in [2.24, 2.45) is 0 Å². The number of hydrogen-bond acceptors (Lipinski definition) is 2. The van der Waals surface area contributed by atoms with Crippen LogP contribution >= 0.6 is 23.5 Å². The zero-order valence-electron chi connectivity index (χ0n) is 18.8. The van der Waals surface area contributed by atoms with Crippen molar-refractivity contribution in [1.29, 1.82) is 0 Å². The summed E-state index contributed by atoms with van der Waals surface area (Å²) in [6.45, 7) is 8.60. The Kier molecular flexibility index (Phi) is 17.5. The highest BCUT2D eigenvalue weighted by Crippen LogP contribution is 2.29. The summed E-state index contributed by atoms with van der Waals surface area (Å²) in [5.41, 5.74) is 1.52. The van der Waals surface area contributed by atoms with Crippen LogP contribution in [0.5, 0.6) is 0 Å². The summed E-state index contributed by atoms with van der Waals surface area (Å²) >= 11 is 4.14. The van der Waals surface area contributed by atoms with E-state index in [4.69, 9.17) is 0 Å². The molecule has 0 heterocycles. The van der Waals surface area contributed by atoms with Gasteiger partial charge in [0, 0.05) is 9.79 Å². The number of aryl methyl sites for hydroxylation is 1. The van der Waals surface area contributed by atoms with E-state index in [2.05, 4.69) is 62.5 Å². The molecule has 1 rings (SSSR count). The van der Waals surface area contributed by atoms with Crippen LogP contribution in [0.3, 0.4) is 0 Å². The summed E-state index contributed by atoms with van der Waals surface area (Å²) in [7, 11) is 0. The van der Waals surface area contributed by atoms with E-state index in [-0.39, 0.29) is 0 Å². The van der Waals surface area contributed by atoms with Crippen molar-refractivity contribution < 1.29 is 0 Å². The van der Waals surface area contributed by atoms with Gasteiger partial charge in [0.05, 0.1) is 0 Å². The molecular weight excluding hydrogens is 376 g/mol. The minimum absolute atomic E-state index is 1.04. The van der Waals surface area contributed by atoms with Crippen LogP contribution in [-0.4, -0.2) is 11.5 Å². The molecule has 161 valence electrons. The van der Waals surface area contributed by atoms with Gasteiger partial charge in [0.15, 0.2) is 0 Å². The lowest BCUT2D eigenvalue weighted by atomic mass is 10.1. The molecular formula is C26H45S2. The van der Waals surface area contributed by atoms with Crippen LogP contribution in [0.15, 0.2) is 28.0 Å². The van der Waals surface area contributed by atoms with Gasteiger partial charge in [0.25, 0.3) is 0 Å². The smallest absolute Gasteiger partial charge is 0.00858 e. The van der Waals surface area contributed by atoms with E-state index in [9.17, 15) is 0 Å². The fourth-order valence-corrected chi connectivity index (χ4v) is 5.55. The molecule has 1 aromatic rings. The highest BCUT2D eigenvalue weighted by atomic mass is 32.2. The number of rotatable bonds is 19. The van der Waals surface area contributed by atoms with E-state index in [0.717, 1.165) is 6.42 Å². The molecule has 0 unspecified atom stereocenters. The first-order valence-corrected chi connectivity index (χ1v) is 14.0. The lowest BCUT2D eigenvalue weighted by Crippen LogP contribution is -1.90. The minimum atomic E-state index is 1.04. The van der Waals surface area contributed by atoms with Crippen LogP contribution < -0.4 is 0 Å². The van der Waals surface area contributed by atoms with Crippen molar-refractivity contribution in [3.63, 3.8) is 0 Å². The molecule has 0 spiro atoms. The molecule has 0 N–H and O–H groups in total. The van der Waals surface area contributed by atoms with Crippen molar-refractivity contribution in [2.75, 3.05) is 11.5 Å². The van der Waals surface area contributed by atoms with Gasteiger partial charge in [0.2, 0.25) is 0 Å². The molecule has 0 atom stereocenters.